The zero-order valence-electron chi connectivity index (χ0n) is 12.1. The van der Waals surface area contributed by atoms with Crippen LogP contribution in [0.3, 0.4) is 0 Å². The zero-order valence-corrected chi connectivity index (χ0v) is 14.2. The second-order valence-corrected chi connectivity index (χ2v) is 5.48. The molecule has 1 rings (SSSR count). The Morgan fingerprint density at radius 1 is 1.10 bits per heavy atom. The number of ether oxygens (including phenoxy) is 2. The molecule has 4 nitrogen and oxygen atoms in total. The Bertz CT molecular complexity index is 401. The number of carbonyl (C=O) groups is 1. The van der Waals surface area contributed by atoms with Crippen LogP contribution in [0.1, 0.15) is 36.0 Å². The van der Waals surface area contributed by atoms with Crippen molar-refractivity contribution in [1.29, 1.82) is 0 Å². The number of hydrogen-bond donors (Lipinski definition) is 1. The highest BCUT2D eigenvalue weighted by Gasteiger charge is 2.17. The molecule has 0 saturated carbocycles. The molecule has 0 unspecified atom stereocenters. The van der Waals surface area contributed by atoms with E-state index < -0.39 is 0 Å². The van der Waals surface area contributed by atoms with Crippen molar-refractivity contribution in [3.8, 4) is 11.5 Å². The van der Waals surface area contributed by atoms with E-state index in [1.165, 1.54) is 17.3 Å². The highest BCUT2D eigenvalue weighted by molar-refractivity contribution is 14.1. The maximum Gasteiger partial charge on any atom is 0.258 e. The smallest absolute Gasteiger partial charge is 0.258 e. The molecule has 20 heavy (non-hydrogen) atoms. The summed E-state index contributed by atoms with van der Waals surface area (Å²) in [5.74, 6) is 0.923. The van der Waals surface area contributed by atoms with Gasteiger partial charge in [-0.2, -0.15) is 0 Å². The first-order chi connectivity index (χ1) is 9.74. The van der Waals surface area contributed by atoms with Crippen molar-refractivity contribution in [3.63, 3.8) is 0 Å². The van der Waals surface area contributed by atoms with E-state index in [9.17, 15) is 4.79 Å². The Labute approximate surface area is 134 Å². The van der Waals surface area contributed by atoms with Crippen LogP contribution in [-0.4, -0.2) is 31.1 Å². The van der Waals surface area contributed by atoms with Crippen LogP contribution >= 0.6 is 22.6 Å². The van der Waals surface area contributed by atoms with Gasteiger partial charge in [0.15, 0.2) is 0 Å². The predicted molar refractivity (Wildman–Crippen MR) is 89.2 cm³/mol. The Morgan fingerprint density at radius 3 is 2.25 bits per heavy atom. The van der Waals surface area contributed by atoms with Crippen molar-refractivity contribution in [1.82, 2.24) is 5.32 Å². The van der Waals surface area contributed by atoms with Gasteiger partial charge in [-0.25, -0.2) is 0 Å². The molecule has 0 heterocycles. The number of carbonyl (C=O) groups excluding carboxylic acids is 1. The lowest BCUT2D eigenvalue weighted by atomic mass is 10.1. The number of rotatable bonds is 9. The molecule has 0 atom stereocenters. The minimum absolute atomic E-state index is 0.145. The number of halogens is 1. The van der Waals surface area contributed by atoms with Crippen molar-refractivity contribution >= 4 is 28.5 Å². The first-order valence-corrected chi connectivity index (χ1v) is 8.32. The molecule has 112 valence electrons. The standard InChI is InChI=1S/C15H22INO3/c1-19-12-8-7-9-13(20-2)14(12)15(18)17-11-6-4-3-5-10-16/h7-9H,3-6,10-11H2,1-2H3,(H,17,18). The van der Waals surface area contributed by atoms with Crippen LogP contribution in [0.15, 0.2) is 18.2 Å². The van der Waals surface area contributed by atoms with Crippen molar-refractivity contribution in [2.24, 2.45) is 0 Å². The van der Waals surface area contributed by atoms with Crippen molar-refractivity contribution < 1.29 is 14.3 Å². The van der Waals surface area contributed by atoms with Gasteiger partial charge in [0, 0.05) is 6.54 Å². The fourth-order valence-electron chi connectivity index (χ4n) is 1.94. The maximum absolute atomic E-state index is 12.2. The van der Waals surface area contributed by atoms with Gasteiger partial charge < -0.3 is 14.8 Å². The van der Waals surface area contributed by atoms with Gasteiger partial charge in [-0.05, 0) is 29.4 Å². The van der Waals surface area contributed by atoms with Gasteiger partial charge in [-0.3, -0.25) is 4.79 Å². The molecule has 1 N–H and O–H groups in total. The first kappa shape index (κ1) is 17.1. The lowest BCUT2D eigenvalue weighted by molar-refractivity contribution is 0.0946. The molecule has 0 fully saturated rings. The van der Waals surface area contributed by atoms with Crippen molar-refractivity contribution in [3.05, 3.63) is 23.8 Å². The summed E-state index contributed by atoms with van der Waals surface area (Å²) in [5.41, 5.74) is 0.463. The van der Waals surface area contributed by atoms with Gasteiger partial charge in [0.25, 0.3) is 5.91 Å². The van der Waals surface area contributed by atoms with Gasteiger partial charge in [-0.1, -0.05) is 41.5 Å². The van der Waals surface area contributed by atoms with E-state index in [2.05, 4.69) is 27.9 Å². The largest absolute Gasteiger partial charge is 0.496 e. The van der Waals surface area contributed by atoms with Crippen LogP contribution < -0.4 is 14.8 Å². The van der Waals surface area contributed by atoms with Gasteiger partial charge in [0.2, 0.25) is 0 Å². The summed E-state index contributed by atoms with van der Waals surface area (Å²) >= 11 is 2.38. The Balaban J connectivity index is 2.54. The molecule has 1 amide bonds. The summed E-state index contributed by atoms with van der Waals surface area (Å²) in [6.45, 7) is 0.682. The van der Waals surface area contributed by atoms with E-state index in [1.807, 2.05) is 0 Å². The Hall–Kier alpha value is -0.980. The fourth-order valence-corrected chi connectivity index (χ4v) is 2.48. The SMILES string of the molecule is COc1cccc(OC)c1C(=O)NCCCCCCI. The number of nitrogens with one attached hydrogen (secondary N) is 1. The molecular weight excluding hydrogens is 369 g/mol. The van der Waals surface area contributed by atoms with Crippen LogP contribution in [-0.2, 0) is 0 Å². The highest BCUT2D eigenvalue weighted by atomic mass is 127. The topological polar surface area (TPSA) is 47.6 Å². The number of methoxy groups -OCH3 is 2. The summed E-state index contributed by atoms with van der Waals surface area (Å²) in [6, 6.07) is 5.33. The van der Waals surface area contributed by atoms with E-state index in [1.54, 1.807) is 32.4 Å². The molecule has 0 aromatic heterocycles. The number of amides is 1. The number of benzene rings is 1. The fraction of sp³-hybridized carbons (Fsp3) is 0.533. The average Bonchev–Trinajstić information content (AvgIpc) is 2.49. The lowest BCUT2D eigenvalue weighted by Crippen LogP contribution is -2.25. The zero-order chi connectivity index (χ0) is 14.8. The lowest BCUT2D eigenvalue weighted by Gasteiger charge is -2.12. The van der Waals surface area contributed by atoms with E-state index in [-0.39, 0.29) is 5.91 Å². The summed E-state index contributed by atoms with van der Waals surface area (Å²) in [4.78, 5) is 12.2. The molecule has 0 aliphatic heterocycles. The van der Waals surface area contributed by atoms with Crippen molar-refractivity contribution in [2.75, 3.05) is 25.2 Å². The van der Waals surface area contributed by atoms with Gasteiger partial charge in [-0.15, -0.1) is 0 Å². The van der Waals surface area contributed by atoms with Crippen LogP contribution in [0.5, 0.6) is 11.5 Å². The minimum atomic E-state index is -0.145. The molecule has 1 aromatic carbocycles. The van der Waals surface area contributed by atoms with Gasteiger partial charge in [0.1, 0.15) is 17.1 Å². The molecule has 0 spiro atoms. The molecule has 5 heteroatoms. The molecule has 0 saturated heterocycles. The Morgan fingerprint density at radius 2 is 1.70 bits per heavy atom. The molecule has 0 aliphatic carbocycles. The van der Waals surface area contributed by atoms with Crippen LogP contribution in [0.2, 0.25) is 0 Å². The molecular formula is C15H22INO3. The van der Waals surface area contributed by atoms with E-state index in [0.717, 1.165) is 12.8 Å². The molecule has 0 bridgehead atoms. The second kappa shape index (κ2) is 9.85. The normalized spacial score (nSPS) is 10.2. The van der Waals surface area contributed by atoms with Crippen LogP contribution in [0.4, 0.5) is 0 Å². The number of alkyl halides is 1. The van der Waals surface area contributed by atoms with Gasteiger partial charge in [0.05, 0.1) is 14.2 Å². The van der Waals surface area contributed by atoms with E-state index in [0.29, 0.717) is 23.6 Å². The first-order valence-electron chi connectivity index (χ1n) is 6.79. The Kier molecular flexibility index (Phi) is 8.41. The summed E-state index contributed by atoms with van der Waals surface area (Å²) < 4.78 is 11.7. The average molecular weight is 391 g/mol. The minimum Gasteiger partial charge on any atom is -0.496 e. The van der Waals surface area contributed by atoms with E-state index >= 15 is 0 Å². The second-order valence-electron chi connectivity index (χ2n) is 4.40. The summed E-state index contributed by atoms with van der Waals surface area (Å²) in [5, 5.41) is 2.92. The summed E-state index contributed by atoms with van der Waals surface area (Å²) in [6.07, 6.45) is 4.61. The number of hydrogen-bond acceptors (Lipinski definition) is 3. The molecule has 0 radical (unpaired) electrons. The molecule has 1 aromatic rings. The predicted octanol–water partition coefficient (Wildman–Crippen LogP) is 3.43. The maximum atomic E-state index is 12.2. The highest BCUT2D eigenvalue weighted by Crippen LogP contribution is 2.27. The quantitative estimate of drug-likeness (QED) is 0.399. The third-order valence-corrected chi connectivity index (χ3v) is 3.76. The monoisotopic (exact) mass is 391 g/mol. The molecule has 0 aliphatic rings. The van der Waals surface area contributed by atoms with Crippen LogP contribution in [0, 0.1) is 0 Å². The number of unbranched alkanes of at least 4 members (excludes halogenated alkanes) is 3. The summed E-state index contributed by atoms with van der Waals surface area (Å²) in [7, 11) is 3.10. The van der Waals surface area contributed by atoms with Gasteiger partial charge >= 0.3 is 0 Å². The van der Waals surface area contributed by atoms with Crippen LogP contribution in [0.25, 0.3) is 0 Å². The van der Waals surface area contributed by atoms with E-state index in [4.69, 9.17) is 9.47 Å². The third-order valence-electron chi connectivity index (χ3n) is 3.00. The van der Waals surface area contributed by atoms with Crippen molar-refractivity contribution in [2.45, 2.75) is 25.7 Å². The third kappa shape index (κ3) is 5.19.